The van der Waals surface area contributed by atoms with E-state index in [1.54, 1.807) is 0 Å². The highest BCUT2D eigenvalue weighted by Gasteiger charge is 2.33. The van der Waals surface area contributed by atoms with Crippen LogP contribution in [-0.4, -0.2) is 11.0 Å². The van der Waals surface area contributed by atoms with Gasteiger partial charge in [-0.2, -0.15) is 0 Å². The summed E-state index contributed by atoms with van der Waals surface area (Å²) < 4.78 is 0. The lowest BCUT2D eigenvalue weighted by atomic mass is 9.72. The van der Waals surface area contributed by atoms with Crippen LogP contribution in [0.15, 0.2) is 30.3 Å². The molecule has 0 aliphatic heterocycles. The first-order valence-electron chi connectivity index (χ1n) is 8.01. The minimum Gasteiger partial charge on any atom is -0.412 e. The van der Waals surface area contributed by atoms with Crippen LogP contribution in [-0.2, 0) is 0 Å². The molecule has 1 aromatic rings. The highest BCUT2D eigenvalue weighted by atomic mass is 16.0. The Balaban J connectivity index is 0.00000361. The van der Waals surface area contributed by atoms with Crippen LogP contribution in [0.1, 0.15) is 77.2 Å². The van der Waals surface area contributed by atoms with Gasteiger partial charge in [-0.1, -0.05) is 76.8 Å². The van der Waals surface area contributed by atoms with Gasteiger partial charge in [0.25, 0.3) is 0 Å². The third-order valence-corrected chi connectivity index (χ3v) is 4.17. The van der Waals surface area contributed by atoms with Gasteiger partial charge in [0.15, 0.2) is 0 Å². The van der Waals surface area contributed by atoms with Crippen molar-refractivity contribution in [1.29, 1.82) is 0 Å². The number of nitrogens with two attached hydrogens (primary N) is 1. The largest absolute Gasteiger partial charge is 0.412 e. The molecule has 1 atom stereocenters. The first-order chi connectivity index (χ1) is 9.18. The zero-order valence-electron chi connectivity index (χ0n) is 13.5. The molecule has 0 saturated heterocycles. The van der Waals surface area contributed by atoms with Crippen molar-refractivity contribution in [3.8, 4) is 0 Å². The lowest BCUT2D eigenvalue weighted by molar-refractivity contribution is 0.277. The molecule has 0 spiro atoms. The Bertz CT molecular complexity index is 331. The van der Waals surface area contributed by atoms with Crippen molar-refractivity contribution in [3.05, 3.63) is 35.9 Å². The fourth-order valence-electron chi connectivity index (χ4n) is 3.28. The van der Waals surface area contributed by atoms with E-state index >= 15 is 0 Å². The summed E-state index contributed by atoms with van der Waals surface area (Å²) in [6.07, 6.45) is 8.34. The predicted octanol–water partition coefficient (Wildman–Crippen LogP) is 4.43. The van der Waals surface area contributed by atoms with Crippen LogP contribution in [0.4, 0.5) is 0 Å². The van der Waals surface area contributed by atoms with Gasteiger partial charge in [-0.25, -0.2) is 0 Å². The summed E-state index contributed by atoms with van der Waals surface area (Å²) in [4.78, 5) is 0. The molecule has 0 heterocycles. The molecule has 2 heteroatoms. The summed E-state index contributed by atoms with van der Waals surface area (Å²) in [5, 5.41) is 0. The van der Waals surface area contributed by atoms with Crippen LogP contribution in [0.5, 0.6) is 0 Å². The summed E-state index contributed by atoms with van der Waals surface area (Å²) in [6, 6.07) is 10.9. The van der Waals surface area contributed by atoms with Crippen molar-refractivity contribution in [3.63, 3.8) is 0 Å². The van der Waals surface area contributed by atoms with Crippen LogP contribution >= 0.6 is 0 Å². The molecular weight excluding hydrogens is 246 g/mol. The molecule has 0 amide bonds. The maximum atomic E-state index is 6.84. The van der Waals surface area contributed by atoms with Crippen molar-refractivity contribution in [2.24, 2.45) is 5.73 Å². The predicted molar refractivity (Wildman–Crippen MR) is 89.1 cm³/mol. The topological polar surface area (TPSA) is 57.5 Å². The van der Waals surface area contributed by atoms with Gasteiger partial charge in [0.2, 0.25) is 0 Å². The van der Waals surface area contributed by atoms with Crippen LogP contribution in [0.25, 0.3) is 0 Å². The monoisotopic (exact) mass is 279 g/mol. The van der Waals surface area contributed by atoms with Gasteiger partial charge >= 0.3 is 0 Å². The first kappa shape index (κ1) is 19.1. The minimum absolute atomic E-state index is 0. The molecule has 20 heavy (non-hydrogen) atoms. The second kappa shape index (κ2) is 9.95. The molecule has 0 aliphatic rings. The Morgan fingerprint density at radius 1 is 0.950 bits per heavy atom. The number of rotatable bonds is 9. The Labute approximate surface area is 125 Å². The number of benzene rings is 1. The lowest BCUT2D eigenvalue weighted by Crippen LogP contribution is -2.45. The summed E-state index contributed by atoms with van der Waals surface area (Å²) in [7, 11) is 0. The van der Waals surface area contributed by atoms with Crippen LogP contribution < -0.4 is 5.73 Å². The van der Waals surface area contributed by atoms with E-state index in [9.17, 15) is 0 Å². The average molecular weight is 279 g/mol. The van der Waals surface area contributed by atoms with Crippen LogP contribution in [0.2, 0.25) is 0 Å². The van der Waals surface area contributed by atoms with E-state index in [4.69, 9.17) is 5.73 Å². The van der Waals surface area contributed by atoms with Crippen LogP contribution in [0, 0.1) is 0 Å². The van der Waals surface area contributed by atoms with E-state index in [0.717, 1.165) is 12.8 Å². The molecule has 1 unspecified atom stereocenters. The van der Waals surface area contributed by atoms with E-state index in [1.165, 1.54) is 37.7 Å². The maximum Gasteiger partial charge on any atom is 0.0223 e. The van der Waals surface area contributed by atoms with Crippen molar-refractivity contribution in [2.75, 3.05) is 0 Å². The summed E-state index contributed by atoms with van der Waals surface area (Å²) in [5.41, 5.74) is 8.24. The van der Waals surface area contributed by atoms with E-state index < -0.39 is 0 Å². The molecule has 0 bridgehead atoms. The Kier molecular flexibility index (Phi) is 9.52. The van der Waals surface area contributed by atoms with Crippen molar-refractivity contribution in [1.82, 2.24) is 0 Å². The first-order valence-corrected chi connectivity index (χ1v) is 8.01. The average Bonchev–Trinajstić information content (AvgIpc) is 2.41. The van der Waals surface area contributed by atoms with Gasteiger partial charge < -0.3 is 11.2 Å². The second-order valence-corrected chi connectivity index (χ2v) is 5.84. The van der Waals surface area contributed by atoms with Crippen molar-refractivity contribution >= 4 is 0 Å². The molecule has 0 aromatic heterocycles. The standard InChI is InChI=1S/C18H31N.H2O/c1-4-7-13-17(16-11-9-8-10-12-16)18(19,14-5-2)15-6-3;/h8-12,17H,4-7,13-15,19H2,1-3H3;1H2. The van der Waals surface area contributed by atoms with E-state index in [1.807, 2.05) is 0 Å². The minimum atomic E-state index is -0.0278. The van der Waals surface area contributed by atoms with Gasteiger partial charge in [0.1, 0.15) is 0 Å². The Morgan fingerprint density at radius 2 is 1.50 bits per heavy atom. The summed E-state index contributed by atoms with van der Waals surface area (Å²) in [5.74, 6) is 0.508. The fourth-order valence-corrected chi connectivity index (χ4v) is 3.28. The highest BCUT2D eigenvalue weighted by molar-refractivity contribution is 5.24. The van der Waals surface area contributed by atoms with Gasteiger partial charge in [0.05, 0.1) is 0 Å². The van der Waals surface area contributed by atoms with E-state index in [2.05, 4.69) is 51.1 Å². The number of unbranched alkanes of at least 4 members (excludes halogenated alkanes) is 1. The fraction of sp³-hybridized carbons (Fsp3) is 0.667. The molecule has 4 N–H and O–H groups in total. The Hall–Kier alpha value is -0.860. The van der Waals surface area contributed by atoms with Gasteiger partial charge in [0, 0.05) is 11.5 Å². The molecule has 0 radical (unpaired) electrons. The molecule has 1 rings (SSSR count). The third-order valence-electron chi connectivity index (χ3n) is 4.17. The molecular formula is C18H33NO. The normalized spacial score (nSPS) is 12.8. The molecule has 0 fully saturated rings. The van der Waals surface area contributed by atoms with Crippen molar-refractivity contribution < 1.29 is 5.48 Å². The van der Waals surface area contributed by atoms with Crippen molar-refractivity contribution in [2.45, 2.75) is 77.2 Å². The molecule has 0 aliphatic carbocycles. The zero-order chi connectivity index (χ0) is 14.1. The maximum absolute atomic E-state index is 6.84. The Morgan fingerprint density at radius 3 is 1.95 bits per heavy atom. The molecule has 116 valence electrons. The van der Waals surface area contributed by atoms with Gasteiger partial charge in [-0.3, -0.25) is 0 Å². The second-order valence-electron chi connectivity index (χ2n) is 5.84. The van der Waals surface area contributed by atoms with E-state index in [0.29, 0.717) is 5.92 Å². The van der Waals surface area contributed by atoms with Crippen LogP contribution in [0.3, 0.4) is 0 Å². The SMILES string of the molecule is CCCCC(c1ccccc1)C(N)(CCC)CCC.O. The highest BCUT2D eigenvalue weighted by Crippen LogP contribution is 2.37. The van der Waals surface area contributed by atoms with E-state index in [-0.39, 0.29) is 11.0 Å². The number of hydrogen-bond acceptors (Lipinski definition) is 1. The quantitative estimate of drug-likeness (QED) is 0.714. The third kappa shape index (κ3) is 5.26. The van der Waals surface area contributed by atoms with Gasteiger partial charge in [-0.05, 0) is 24.8 Å². The number of hydrogen-bond donors (Lipinski definition) is 1. The lowest BCUT2D eigenvalue weighted by Gasteiger charge is -2.38. The summed E-state index contributed by atoms with van der Waals surface area (Å²) >= 11 is 0. The summed E-state index contributed by atoms with van der Waals surface area (Å²) in [6.45, 7) is 6.76. The molecule has 1 aromatic carbocycles. The smallest absolute Gasteiger partial charge is 0.0223 e. The molecule has 0 saturated carbocycles. The zero-order valence-corrected chi connectivity index (χ0v) is 13.5. The van der Waals surface area contributed by atoms with Gasteiger partial charge in [-0.15, -0.1) is 0 Å². The molecule has 2 nitrogen and oxygen atoms in total.